The van der Waals surface area contributed by atoms with Gasteiger partial charge in [0.15, 0.2) is 0 Å². The maximum Gasteiger partial charge on any atom is 0.222 e. The molecule has 1 fully saturated rings. The molecule has 0 bridgehead atoms. The molecule has 1 amide bonds. The van der Waals surface area contributed by atoms with Gasteiger partial charge in [-0.05, 0) is 44.2 Å². The first-order chi connectivity index (χ1) is 12.7. The Morgan fingerprint density at radius 1 is 1.27 bits per heavy atom. The fourth-order valence-electron chi connectivity index (χ4n) is 4.01. The highest BCUT2D eigenvalue weighted by molar-refractivity contribution is 5.92. The number of H-pyrrole nitrogens is 1. The van der Waals surface area contributed by atoms with Gasteiger partial charge >= 0.3 is 0 Å². The second kappa shape index (κ2) is 6.98. The molecule has 3 aromatic rings. The molecule has 26 heavy (non-hydrogen) atoms. The van der Waals surface area contributed by atoms with E-state index in [1.807, 2.05) is 24.0 Å². The van der Waals surface area contributed by atoms with E-state index in [-0.39, 0.29) is 5.91 Å². The van der Waals surface area contributed by atoms with E-state index >= 15 is 0 Å². The minimum absolute atomic E-state index is 0.261. The molecule has 3 heterocycles. The molecule has 1 aromatic carbocycles. The number of benzene rings is 1. The molecule has 1 aliphatic rings. The molecule has 136 valence electrons. The predicted octanol–water partition coefficient (Wildman–Crippen LogP) is 4.25. The Kier molecular flexibility index (Phi) is 4.53. The van der Waals surface area contributed by atoms with Gasteiger partial charge in [0.1, 0.15) is 5.76 Å². The van der Waals surface area contributed by atoms with Crippen molar-refractivity contribution in [2.45, 2.75) is 46.0 Å². The van der Waals surface area contributed by atoms with Crippen LogP contribution in [0, 0.1) is 6.92 Å². The first-order valence-corrected chi connectivity index (χ1v) is 9.52. The van der Waals surface area contributed by atoms with E-state index in [9.17, 15) is 4.79 Å². The molecule has 1 aliphatic heterocycles. The molecule has 0 saturated carbocycles. The predicted molar refractivity (Wildman–Crippen MR) is 102 cm³/mol. The van der Waals surface area contributed by atoms with Crippen molar-refractivity contribution in [2.24, 2.45) is 0 Å². The van der Waals surface area contributed by atoms with E-state index in [0.717, 1.165) is 67.0 Å². The zero-order valence-corrected chi connectivity index (χ0v) is 15.5. The van der Waals surface area contributed by atoms with E-state index in [0.29, 0.717) is 6.42 Å². The number of aromatic amines is 1. The van der Waals surface area contributed by atoms with Crippen LogP contribution < -0.4 is 0 Å². The quantitative estimate of drug-likeness (QED) is 0.747. The number of fused-ring (bicyclic) bond motifs is 1. The largest absolute Gasteiger partial charge is 0.361 e. The van der Waals surface area contributed by atoms with Crippen molar-refractivity contribution in [2.75, 3.05) is 13.1 Å². The molecule has 5 heteroatoms. The summed E-state index contributed by atoms with van der Waals surface area (Å²) < 4.78 is 5.45. The smallest absolute Gasteiger partial charge is 0.222 e. The average molecular weight is 351 g/mol. The van der Waals surface area contributed by atoms with Crippen LogP contribution in [0.4, 0.5) is 0 Å². The minimum Gasteiger partial charge on any atom is -0.361 e. The Balaban J connectivity index is 1.72. The van der Waals surface area contributed by atoms with Gasteiger partial charge in [-0.15, -0.1) is 0 Å². The Morgan fingerprint density at radius 3 is 2.81 bits per heavy atom. The standard InChI is InChI=1S/C21H25N3O2/c1-3-17-20(14(2)26-23-17)21-16(15-8-4-5-9-18(15)22-21)10-11-19(25)24-12-6-7-13-24/h4-5,8-9,22H,3,6-7,10-13H2,1-2H3. The summed E-state index contributed by atoms with van der Waals surface area (Å²) in [5, 5.41) is 5.39. The number of para-hydroxylation sites is 1. The number of aryl methyl sites for hydroxylation is 3. The lowest BCUT2D eigenvalue weighted by Crippen LogP contribution is -2.27. The number of rotatable bonds is 5. The molecule has 4 rings (SSSR count). The number of carbonyl (C=O) groups excluding carboxylic acids is 1. The summed E-state index contributed by atoms with van der Waals surface area (Å²) >= 11 is 0. The van der Waals surface area contributed by atoms with Crippen molar-refractivity contribution in [3.05, 3.63) is 41.3 Å². The third-order valence-electron chi connectivity index (χ3n) is 5.38. The van der Waals surface area contributed by atoms with Crippen LogP contribution >= 0.6 is 0 Å². The van der Waals surface area contributed by atoms with E-state index in [4.69, 9.17) is 4.52 Å². The summed E-state index contributed by atoms with van der Waals surface area (Å²) in [7, 11) is 0. The van der Waals surface area contributed by atoms with Crippen LogP contribution in [-0.4, -0.2) is 34.0 Å². The van der Waals surface area contributed by atoms with Gasteiger partial charge in [-0.25, -0.2) is 0 Å². The molecule has 2 aromatic heterocycles. The number of nitrogens with zero attached hydrogens (tertiary/aromatic N) is 2. The van der Waals surface area contributed by atoms with Crippen LogP contribution in [0.1, 0.15) is 43.2 Å². The van der Waals surface area contributed by atoms with E-state index in [1.54, 1.807) is 0 Å². The van der Waals surface area contributed by atoms with Crippen molar-refractivity contribution >= 4 is 16.8 Å². The van der Waals surface area contributed by atoms with E-state index in [1.165, 1.54) is 10.9 Å². The van der Waals surface area contributed by atoms with Gasteiger partial charge in [0.25, 0.3) is 0 Å². The van der Waals surface area contributed by atoms with Crippen LogP contribution in [0.25, 0.3) is 22.2 Å². The summed E-state index contributed by atoms with van der Waals surface area (Å²) in [5.74, 6) is 1.08. The van der Waals surface area contributed by atoms with Crippen LogP contribution in [0.3, 0.4) is 0 Å². The topological polar surface area (TPSA) is 62.1 Å². The van der Waals surface area contributed by atoms with E-state index in [2.05, 4.69) is 29.2 Å². The van der Waals surface area contributed by atoms with Crippen molar-refractivity contribution in [3.63, 3.8) is 0 Å². The molecule has 0 radical (unpaired) electrons. The van der Waals surface area contributed by atoms with Crippen LogP contribution in [0.15, 0.2) is 28.8 Å². The third kappa shape index (κ3) is 2.91. The highest BCUT2D eigenvalue weighted by atomic mass is 16.5. The maximum absolute atomic E-state index is 12.5. The molecule has 5 nitrogen and oxygen atoms in total. The Morgan fingerprint density at radius 2 is 2.04 bits per heavy atom. The zero-order valence-electron chi connectivity index (χ0n) is 15.5. The summed E-state index contributed by atoms with van der Waals surface area (Å²) in [6, 6.07) is 8.29. The first kappa shape index (κ1) is 16.9. The fourth-order valence-corrected chi connectivity index (χ4v) is 4.01. The molecular weight excluding hydrogens is 326 g/mol. The van der Waals surface area contributed by atoms with Crippen LogP contribution in [-0.2, 0) is 17.6 Å². The monoisotopic (exact) mass is 351 g/mol. The van der Waals surface area contributed by atoms with Gasteiger partial charge in [-0.1, -0.05) is 30.3 Å². The van der Waals surface area contributed by atoms with E-state index < -0.39 is 0 Å². The highest BCUT2D eigenvalue weighted by Gasteiger charge is 2.23. The first-order valence-electron chi connectivity index (χ1n) is 9.52. The lowest BCUT2D eigenvalue weighted by Gasteiger charge is -2.15. The van der Waals surface area contributed by atoms with Gasteiger partial charge in [-0.3, -0.25) is 4.79 Å². The number of likely N-dealkylation sites (tertiary alicyclic amines) is 1. The van der Waals surface area contributed by atoms with Gasteiger partial charge in [-0.2, -0.15) is 0 Å². The molecule has 0 spiro atoms. The normalized spacial score (nSPS) is 14.5. The summed E-state index contributed by atoms with van der Waals surface area (Å²) in [5.41, 5.74) is 5.34. The second-order valence-corrected chi connectivity index (χ2v) is 7.03. The zero-order chi connectivity index (χ0) is 18.1. The Labute approximate surface area is 153 Å². The van der Waals surface area contributed by atoms with Gasteiger partial charge < -0.3 is 14.4 Å². The number of carbonyl (C=O) groups is 1. The van der Waals surface area contributed by atoms with Crippen LogP contribution in [0.5, 0.6) is 0 Å². The average Bonchev–Trinajstić information content (AvgIpc) is 3.38. The number of nitrogens with one attached hydrogen (secondary N) is 1. The second-order valence-electron chi connectivity index (χ2n) is 7.03. The molecule has 0 aliphatic carbocycles. The molecule has 0 unspecified atom stereocenters. The van der Waals surface area contributed by atoms with Crippen molar-refractivity contribution in [1.82, 2.24) is 15.0 Å². The number of hydrogen-bond acceptors (Lipinski definition) is 3. The van der Waals surface area contributed by atoms with Gasteiger partial charge in [0.05, 0.1) is 17.0 Å². The summed E-state index contributed by atoms with van der Waals surface area (Å²) in [6.45, 7) is 5.85. The summed E-state index contributed by atoms with van der Waals surface area (Å²) in [4.78, 5) is 18.1. The maximum atomic E-state index is 12.5. The van der Waals surface area contributed by atoms with Crippen molar-refractivity contribution < 1.29 is 9.32 Å². The summed E-state index contributed by atoms with van der Waals surface area (Å²) in [6.07, 6.45) is 4.34. The SMILES string of the molecule is CCc1noc(C)c1-c1[nH]c2ccccc2c1CCC(=O)N1CCCC1. The van der Waals surface area contributed by atoms with Crippen molar-refractivity contribution in [3.8, 4) is 11.3 Å². The van der Waals surface area contributed by atoms with Crippen LogP contribution in [0.2, 0.25) is 0 Å². The fraction of sp³-hybridized carbons (Fsp3) is 0.429. The molecule has 1 saturated heterocycles. The third-order valence-corrected chi connectivity index (χ3v) is 5.38. The van der Waals surface area contributed by atoms with Crippen molar-refractivity contribution in [1.29, 1.82) is 0 Å². The number of amides is 1. The molecular formula is C21H25N3O2. The highest BCUT2D eigenvalue weighted by Crippen LogP contribution is 2.35. The number of aromatic nitrogens is 2. The van der Waals surface area contributed by atoms with Gasteiger partial charge in [0.2, 0.25) is 5.91 Å². The number of hydrogen-bond donors (Lipinski definition) is 1. The Hall–Kier alpha value is -2.56. The minimum atomic E-state index is 0.261. The lowest BCUT2D eigenvalue weighted by molar-refractivity contribution is -0.130. The molecule has 1 N–H and O–H groups in total. The van der Waals surface area contributed by atoms with Gasteiger partial charge in [0, 0.05) is 30.4 Å². The molecule has 0 atom stereocenters. The lowest BCUT2D eigenvalue weighted by atomic mass is 9.99. The Bertz CT molecular complexity index is 932.